The summed E-state index contributed by atoms with van der Waals surface area (Å²) in [4.78, 5) is 37.5. The monoisotopic (exact) mass is 544 g/mol. The minimum atomic E-state index is -0.467. The number of ether oxygens (including phenoxy) is 2. The van der Waals surface area contributed by atoms with Gasteiger partial charge in [0.2, 0.25) is 0 Å². The molecule has 1 saturated heterocycles. The number of carbonyl (C=O) groups excluding carboxylic acids is 2. The highest BCUT2D eigenvalue weighted by Gasteiger charge is 2.35. The fraction of sp³-hybridized carbons (Fsp3) is 0.120. The van der Waals surface area contributed by atoms with Crippen LogP contribution >= 0.6 is 35.0 Å². The largest absolute Gasteiger partial charge is 0.493 e. The molecule has 0 aromatic heterocycles. The summed E-state index contributed by atoms with van der Waals surface area (Å²) in [5.74, 6) is 0.273. The number of rotatable bonds is 8. The van der Waals surface area contributed by atoms with E-state index in [0.29, 0.717) is 38.2 Å². The van der Waals surface area contributed by atoms with Crippen molar-refractivity contribution in [1.29, 1.82) is 0 Å². The second-order valence-electron chi connectivity index (χ2n) is 7.55. The molecule has 0 atom stereocenters. The molecule has 0 unspecified atom stereocenters. The van der Waals surface area contributed by atoms with Gasteiger partial charge in [-0.25, -0.2) is 0 Å². The van der Waals surface area contributed by atoms with Crippen LogP contribution in [0.15, 0.2) is 65.6 Å². The normalized spacial score (nSPS) is 14.4. The molecule has 0 spiro atoms. The lowest BCUT2D eigenvalue weighted by molar-refractivity contribution is -0.385. The lowest BCUT2D eigenvalue weighted by Gasteiger charge is -2.14. The molecule has 0 saturated carbocycles. The first kappa shape index (κ1) is 25.6. The van der Waals surface area contributed by atoms with E-state index in [4.69, 9.17) is 32.7 Å². The molecule has 0 aliphatic carbocycles. The van der Waals surface area contributed by atoms with Crippen LogP contribution < -0.4 is 9.47 Å². The van der Waals surface area contributed by atoms with Crippen molar-refractivity contribution >= 4 is 57.9 Å². The van der Waals surface area contributed by atoms with E-state index in [-0.39, 0.29) is 23.7 Å². The van der Waals surface area contributed by atoms with Crippen molar-refractivity contribution in [3.8, 4) is 11.5 Å². The highest BCUT2D eigenvalue weighted by Crippen LogP contribution is 2.37. The summed E-state index contributed by atoms with van der Waals surface area (Å²) < 4.78 is 11.2. The molecular formula is C25H18Cl2N2O6S. The number of amides is 2. The molecule has 11 heteroatoms. The van der Waals surface area contributed by atoms with Crippen LogP contribution in [0, 0.1) is 10.1 Å². The zero-order valence-electron chi connectivity index (χ0n) is 18.8. The summed E-state index contributed by atoms with van der Waals surface area (Å²) in [7, 11) is 1.46. The van der Waals surface area contributed by atoms with Gasteiger partial charge in [-0.1, -0.05) is 47.5 Å². The zero-order chi connectivity index (χ0) is 25.8. The number of imide groups is 1. The number of hydrogen-bond acceptors (Lipinski definition) is 7. The van der Waals surface area contributed by atoms with Crippen molar-refractivity contribution < 1.29 is 24.0 Å². The van der Waals surface area contributed by atoms with Gasteiger partial charge in [0.25, 0.3) is 16.8 Å². The van der Waals surface area contributed by atoms with E-state index in [1.807, 2.05) is 0 Å². The Balaban J connectivity index is 1.52. The Morgan fingerprint density at radius 3 is 2.44 bits per heavy atom. The Hall–Kier alpha value is -3.53. The third-order valence-electron chi connectivity index (χ3n) is 5.31. The average molecular weight is 545 g/mol. The first-order valence-corrected chi connectivity index (χ1v) is 12.1. The van der Waals surface area contributed by atoms with Crippen molar-refractivity contribution in [2.75, 3.05) is 7.11 Å². The highest BCUT2D eigenvalue weighted by atomic mass is 35.5. The molecule has 1 heterocycles. The topological polar surface area (TPSA) is 99.0 Å². The Morgan fingerprint density at radius 2 is 1.75 bits per heavy atom. The molecule has 1 fully saturated rings. The highest BCUT2D eigenvalue weighted by molar-refractivity contribution is 8.18. The smallest absolute Gasteiger partial charge is 0.293 e. The second-order valence-corrected chi connectivity index (χ2v) is 9.36. The molecule has 0 N–H and O–H groups in total. The van der Waals surface area contributed by atoms with Gasteiger partial charge in [0.1, 0.15) is 6.61 Å². The number of para-hydroxylation sites is 1. The summed E-state index contributed by atoms with van der Waals surface area (Å²) in [6, 6.07) is 16.2. The van der Waals surface area contributed by atoms with Crippen LogP contribution in [0.1, 0.15) is 16.7 Å². The molecule has 36 heavy (non-hydrogen) atoms. The molecule has 8 nitrogen and oxygen atoms in total. The summed E-state index contributed by atoms with van der Waals surface area (Å²) >= 11 is 13.2. The third kappa shape index (κ3) is 5.48. The minimum Gasteiger partial charge on any atom is -0.493 e. The fourth-order valence-electron chi connectivity index (χ4n) is 3.49. The maximum absolute atomic E-state index is 12.9. The summed E-state index contributed by atoms with van der Waals surface area (Å²) in [6.45, 7) is -0.0708. The van der Waals surface area contributed by atoms with Gasteiger partial charge in [-0.3, -0.25) is 24.6 Å². The van der Waals surface area contributed by atoms with Gasteiger partial charge in [0.15, 0.2) is 11.5 Å². The number of methoxy groups -OCH3 is 1. The van der Waals surface area contributed by atoms with Gasteiger partial charge in [-0.05, 0) is 53.7 Å². The molecular weight excluding hydrogens is 527 g/mol. The van der Waals surface area contributed by atoms with Crippen molar-refractivity contribution in [3.63, 3.8) is 0 Å². The van der Waals surface area contributed by atoms with Crippen LogP contribution in [0.3, 0.4) is 0 Å². The number of benzene rings is 3. The van der Waals surface area contributed by atoms with Crippen molar-refractivity contribution in [2.45, 2.75) is 13.2 Å². The number of halogens is 2. The molecule has 0 radical (unpaired) electrons. The summed E-state index contributed by atoms with van der Waals surface area (Å²) in [6.07, 6.45) is 1.58. The van der Waals surface area contributed by atoms with Crippen molar-refractivity contribution in [1.82, 2.24) is 4.90 Å². The van der Waals surface area contributed by atoms with Gasteiger partial charge in [0, 0.05) is 21.7 Å². The molecule has 3 aromatic carbocycles. The van der Waals surface area contributed by atoms with Crippen LogP contribution in [0.5, 0.6) is 11.5 Å². The summed E-state index contributed by atoms with van der Waals surface area (Å²) in [5.41, 5.74) is 1.47. The summed E-state index contributed by atoms with van der Waals surface area (Å²) in [5, 5.41) is 11.5. The standard InChI is InChI=1S/C25H18Cl2N2O6S/c1-34-22-11-15(9-10-21(22)35-14-16-5-2-3-8-20(16)29(32)33)12-23-24(30)28(25(31)36-23)13-17-18(26)6-4-7-19(17)27/h2-12H,13-14H2,1H3/b23-12-. The van der Waals surface area contributed by atoms with Gasteiger partial charge >= 0.3 is 0 Å². The lowest BCUT2D eigenvalue weighted by atomic mass is 10.1. The lowest BCUT2D eigenvalue weighted by Crippen LogP contribution is -2.27. The van der Waals surface area contributed by atoms with Crippen molar-refractivity contribution in [2.24, 2.45) is 0 Å². The quantitative estimate of drug-likeness (QED) is 0.176. The van der Waals surface area contributed by atoms with E-state index in [2.05, 4.69) is 0 Å². The number of thioether (sulfide) groups is 1. The molecule has 1 aliphatic heterocycles. The number of nitro groups is 1. The van der Waals surface area contributed by atoms with Crippen LogP contribution in [0.25, 0.3) is 6.08 Å². The van der Waals surface area contributed by atoms with Gasteiger partial charge in [-0.2, -0.15) is 0 Å². The fourth-order valence-corrected chi connectivity index (χ4v) is 4.84. The van der Waals surface area contributed by atoms with Gasteiger partial charge < -0.3 is 9.47 Å². The van der Waals surface area contributed by atoms with E-state index in [1.54, 1.807) is 60.7 Å². The van der Waals surface area contributed by atoms with E-state index in [1.165, 1.54) is 13.2 Å². The van der Waals surface area contributed by atoms with Crippen LogP contribution in [0.4, 0.5) is 10.5 Å². The molecule has 4 rings (SSSR count). The Kier molecular flexibility index (Phi) is 7.83. The molecule has 0 bridgehead atoms. The Bertz CT molecular complexity index is 1370. The van der Waals surface area contributed by atoms with Crippen LogP contribution in [-0.2, 0) is 17.9 Å². The first-order valence-electron chi connectivity index (χ1n) is 10.5. The third-order valence-corrected chi connectivity index (χ3v) is 6.92. The maximum atomic E-state index is 12.9. The van der Waals surface area contributed by atoms with Crippen molar-refractivity contribution in [3.05, 3.63) is 102 Å². The molecule has 2 amide bonds. The van der Waals surface area contributed by atoms with Crippen LogP contribution in [0.2, 0.25) is 10.0 Å². The average Bonchev–Trinajstić information content (AvgIpc) is 3.12. The zero-order valence-corrected chi connectivity index (χ0v) is 21.1. The van der Waals surface area contributed by atoms with E-state index in [0.717, 1.165) is 16.7 Å². The first-order chi connectivity index (χ1) is 17.3. The predicted octanol–water partition coefficient (Wildman–Crippen LogP) is 6.73. The second kappa shape index (κ2) is 11.0. The number of nitrogens with zero attached hydrogens (tertiary/aromatic N) is 2. The molecule has 1 aliphatic rings. The van der Waals surface area contributed by atoms with E-state index >= 15 is 0 Å². The Morgan fingerprint density at radius 1 is 1.03 bits per heavy atom. The molecule has 184 valence electrons. The van der Waals surface area contributed by atoms with Crippen LogP contribution in [-0.4, -0.2) is 28.1 Å². The number of hydrogen-bond donors (Lipinski definition) is 0. The predicted molar refractivity (Wildman–Crippen MR) is 138 cm³/mol. The Labute approximate surface area is 220 Å². The van der Waals surface area contributed by atoms with E-state index < -0.39 is 16.1 Å². The SMILES string of the molecule is COc1cc(/C=C2\SC(=O)N(Cc3c(Cl)cccc3Cl)C2=O)ccc1OCc1ccccc1[N+](=O)[O-]. The van der Waals surface area contributed by atoms with Gasteiger partial charge in [-0.15, -0.1) is 0 Å². The van der Waals surface area contributed by atoms with E-state index in [9.17, 15) is 19.7 Å². The number of carbonyl (C=O) groups is 2. The molecule has 3 aromatic rings. The maximum Gasteiger partial charge on any atom is 0.293 e. The number of nitro benzene ring substituents is 1. The minimum absolute atomic E-state index is 0.0314. The van der Waals surface area contributed by atoms with Gasteiger partial charge in [0.05, 0.1) is 29.0 Å².